The van der Waals surface area contributed by atoms with Gasteiger partial charge in [0.25, 0.3) is 0 Å². The second-order valence-corrected chi connectivity index (χ2v) is 10.8. The van der Waals surface area contributed by atoms with E-state index in [9.17, 15) is 14.4 Å². The van der Waals surface area contributed by atoms with Crippen LogP contribution in [0.2, 0.25) is 0 Å². The van der Waals surface area contributed by atoms with Gasteiger partial charge in [0.05, 0.1) is 6.04 Å². The SMILES string of the molecule is CC(=O)c1ccc(-c2ccc(N3CCN(C(=O)OC(C)(C)C)CC3)cc2)c(CNC(=O)[C@@H]2CCCN2)c1. The van der Waals surface area contributed by atoms with E-state index in [1.54, 1.807) is 11.8 Å². The third kappa shape index (κ3) is 6.89. The minimum Gasteiger partial charge on any atom is -0.444 e. The molecule has 198 valence electrons. The van der Waals surface area contributed by atoms with Crippen LogP contribution >= 0.6 is 0 Å². The lowest BCUT2D eigenvalue weighted by atomic mass is 9.96. The van der Waals surface area contributed by atoms with E-state index < -0.39 is 5.60 Å². The Bertz CT molecular complexity index is 1130. The highest BCUT2D eigenvalue weighted by molar-refractivity contribution is 5.95. The fraction of sp³-hybridized carbons (Fsp3) is 0.483. The Balaban J connectivity index is 1.44. The first-order chi connectivity index (χ1) is 17.6. The van der Waals surface area contributed by atoms with Gasteiger partial charge in [-0.1, -0.05) is 24.3 Å². The first-order valence-electron chi connectivity index (χ1n) is 13.1. The summed E-state index contributed by atoms with van der Waals surface area (Å²) in [5, 5.41) is 6.27. The number of carbonyl (C=O) groups is 3. The van der Waals surface area contributed by atoms with Gasteiger partial charge in [-0.3, -0.25) is 9.59 Å². The molecule has 2 saturated heterocycles. The molecule has 0 spiro atoms. The zero-order valence-corrected chi connectivity index (χ0v) is 22.3. The quantitative estimate of drug-likeness (QED) is 0.576. The highest BCUT2D eigenvalue weighted by Gasteiger charge is 2.26. The van der Waals surface area contributed by atoms with Gasteiger partial charge in [0.1, 0.15) is 5.60 Å². The van der Waals surface area contributed by atoms with Crippen LogP contribution < -0.4 is 15.5 Å². The van der Waals surface area contributed by atoms with Gasteiger partial charge >= 0.3 is 6.09 Å². The number of hydrogen-bond donors (Lipinski definition) is 2. The summed E-state index contributed by atoms with van der Waals surface area (Å²) in [7, 11) is 0. The van der Waals surface area contributed by atoms with Gasteiger partial charge < -0.3 is 25.2 Å². The molecule has 2 amide bonds. The molecule has 0 unspecified atom stereocenters. The van der Waals surface area contributed by atoms with Gasteiger partial charge in [-0.25, -0.2) is 4.79 Å². The van der Waals surface area contributed by atoms with Crippen LogP contribution in [0.25, 0.3) is 11.1 Å². The average Bonchev–Trinajstić information content (AvgIpc) is 3.42. The van der Waals surface area contributed by atoms with E-state index in [-0.39, 0.29) is 23.8 Å². The van der Waals surface area contributed by atoms with Gasteiger partial charge in [-0.05, 0) is 82.0 Å². The fourth-order valence-electron chi connectivity index (χ4n) is 4.78. The number of carbonyl (C=O) groups excluding carboxylic acids is 3. The van der Waals surface area contributed by atoms with Crippen LogP contribution in [0, 0.1) is 0 Å². The van der Waals surface area contributed by atoms with Crippen molar-refractivity contribution in [2.75, 3.05) is 37.6 Å². The van der Waals surface area contributed by atoms with E-state index >= 15 is 0 Å². The monoisotopic (exact) mass is 506 g/mol. The van der Waals surface area contributed by atoms with E-state index in [1.807, 2.05) is 39.0 Å². The maximum absolute atomic E-state index is 12.6. The number of ketones is 1. The first kappa shape index (κ1) is 26.7. The standard InChI is InChI=1S/C29H38N4O4/c1-20(34)22-9-12-25(23(18-22)19-31-27(35)26-6-5-13-30-26)21-7-10-24(11-8-21)32-14-16-33(17-15-32)28(36)37-29(2,3)4/h7-12,18,26,30H,5-6,13-17,19H2,1-4H3,(H,31,35)/t26-/m0/s1. The molecule has 0 aliphatic carbocycles. The topological polar surface area (TPSA) is 91.0 Å². The molecule has 0 bridgehead atoms. The lowest BCUT2D eigenvalue weighted by Gasteiger charge is -2.36. The summed E-state index contributed by atoms with van der Waals surface area (Å²) >= 11 is 0. The molecule has 4 rings (SSSR count). The van der Waals surface area contributed by atoms with Crippen molar-refractivity contribution < 1.29 is 19.1 Å². The largest absolute Gasteiger partial charge is 0.444 e. The molecule has 2 N–H and O–H groups in total. The minimum absolute atomic E-state index is 0.00227. The smallest absolute Gasteiger partial charge is 0.410 e. The molecule has 2 aromatic carbocycles. The number of ether oxygens (including phenoxy) is 1. The van der Waals surface area contributed by atoms with E-state index in [4.69, 9.17) is 4.74 Å². The third-order valence-corrected chi connectivity index (χ3v) is 6.82. The fourth-order valence-corrected chi connectivity index (χ4v) is 4.78. The summed E-state index contributed by atoms with van der Waals surface area (Å²) in [6.45, 7) is 11.1. The van der Waals surface area contributed by atoms with Crippen molar-refractivity contribution in [1.82, 2.24) is 15.5 Å². The van der Waals surface area contributed by atoms with E-state index in [0.717, 1.165) is 54.9 Å². The molecule has 2 aromatic rings. The molecular formula is C29H38N4O4. The molecule has 2 heterocycles. The highest BCUT2D eigenvalue weighted by atomic mass is 16.6. The Kier molecular flexibility index (Phi) is 8.17. The molecule has 2 aliphatic rings. The summed E-state index contributed by atoms with van der Waals surface area (Å²) in [5.41, 5.74) is 4.15. The summed E-state index contributed by atoms with van der Waals surface area (Å²) in [6.07, 6.45) is 1.59. The van der Waals surface area contributed by atoms with Crippen molar-refractivity contribution in [2.24, 2.45) is 0 Å². The Morgan fingerprint density at radius 1 is 1.03 bits per heavy atom. The van der Waals surface area contributed by atoms with Crippen molar-refractivity contribution in [1.29, 1.82) is 0 Å². The van der Waals surface area contributed by atoms with Crippen molar-refractivity contribution in [3.63, 3.8) is 0 Å². The van der Waals surface area contributed by atoms with Crippen LogP contribution in [-0.4, -0.2) is 67.1 Å². The van der Waals surface area contributed by atoms with Gasteiger partial charge in [0.2, 0.25) is 5.91 Å². The zero-order valence-electron chi connectivity index (χ0n) is 22.3. The maximum Gasteiger partial charge on any atom is 0.410 e. The predicted molar refractivity (Wildman–Crippen MR) is 145 cm³/mol. The molecule has 0 saturated carbocycles. The number of benzene rings is 2. The first-order valence-corrected chi connectivity index (χ1v) is 13.1. The van der Waals surface area contributed by atoms with Gasteiger partial charge in [-0.2, -0.15) is 0 Å². The van der Waals surface area contributed by atoms with Gasteiger partial charge in [0.15, 0.2) is 5.78 Å². The van der Waals surface area contributed by atoms with Crippen LogP contribution in [-0.2, 0) is 16.1 Å². The summed E-state index contributed by atoms with van der Waals surface area (Å²) in [5.74, 6) is -0.00462. The molecule has 0 aromatic heterocycles. The molecule has 1 atom stereocenters. The summed E-state index contributed by atoms with van der Waals surface area (Å²) in [6, 6.07) is 13.8. The van der Waals surface area contributed by atoms with Gasteiger partial charge in [0, 0.05) is 44.0 Å². The van der Waals surface area contributed by atoms with Crippen molar-refractivity contribution in [2.45, 2.75) is 58.7 Å². The average molecular weight is 507 g/mol. The molecule has 0 radical (unpaired) electrons. The van der Waals surface area contributed by atoms with Crippen LogP contribution in [0.4, 0.5) is 10.5 Å². The maximum atomic E-state index is 12.6. The highest BCUT2D eigenvalue weighted by Crippen LogP contribution is 2.28. The molecule has 8 heteroatoms. The lowest BCUT2D eigenvalue weighted by Crippen LogP contribution is -2.50. The third-order valence-electron chi connectivity index (χ3n) is 6.82. The molecule has 8 nitrogen and oxygen atoms in total. The van der Waals surface area contributed by atoms with Crippen molar-refractivity contribution in [3.8, 4) is 11.1 Å². The Labute approximate surface area is 219 Å². The lowest BCUT2D eigenvalue weighted by molar-refractivity contribution is -0.122. The Hall–Kier alpha value is -3.39. The molecular weight excluding hydrogens is 468 g/mol. The van der Waals surface area contributed by atoms with Crippen LogP contribution in [0.3, 0.4) is 0 Å². The number of anilines is 1. The van der Waals surface area contributed by atoms with Gasteiger partial charge in [-0.15, -0.1) is 0 Å². The second-order valence-electron chi connectivity index (χ2n) is 10.8. The van der Waals surface area contributed by atoms with Crippen molar-refractivity contribution in [3.05, 3.63) is 53.6 Å². The minimum atomic E-state index is -0.498. The molecule has 37 heavy (non-hydrogen) atoms. The predicted octanol–water partition coefficient (Wildman–Crippen LogP) is 3.98. The van der Waals surface area contributed by atoms with Crippen LogP contribution in [0.15, 0.2) is 42.5 Å². The van der Waals surface area contributed by atoms with Crippen LogP contribution in [0.1, 0.15) is 56.5 Å². The second kappa shape index (κ2) is 11.3. The number of nitrogens with zero attached hydrogens (tertiary/aromatic N) is 2. The van der Waals surface area contributed by atoms with E-state index in [0.29, 0.717) is 25.2 Å². The Morgan fingerprint density at radius 3 is 2.32 bits per heavy atom. The number of hydrogen-bond acceptors (Lipinski definition) is 6. The van der Waals surface area contributed by atoms with Crippen LogP contribution in [0.5, 0.6) is 0 Å². The molecule has 2 fully saturated rings. The number of Topliss-reactive ketones (excluding diaryl/α,β-unsaturated/α-hetero) is 1. The van der Waals surface area contributed by atoms with E-state index in [1.165, 1.54) is 0 Å². The van der Waals surface area contributed by atoms with E-state index in [2.05, 4.69) is 39.8 Å². The number of rotatable bonds is 6. The summed E-state index contributed by atoms with van der Waals surface area (Å²) < 4.78 is 5.50. The molecule has 2 aliphatic heterocycles. The summed E-state index contributed by atoms with van der Waals surface area (Å²) in [4.78, 5) is 41.0. The number of amides is 2. The number of piperazine rings is 1. The van der Waals surface area contributed by atoms with Crippen molar-refractivity contribution >= 4 is 23.5 Å². The number of nitrogens with one attached hydrogen (secondary N) is 2. The zero-order chi connectivity index (χ0) is 26.6. The normalized spacial score (nSPS) is 18.0. The Morgan fingerprint density at radius 2 is 1.73 bits per heavy atom.